The summed E-state index contributed by atoms with van der Waals surface area (Å²) in [6.07, 6.45) is 0. The van der Waals surface area contributed by atoms with E-state index >= 15 is 0 Å². The minimum Gasteiger partial charge on any atom is -0.423 e. The zero-order chi connectivity index (χ0) is 15.9. The number of oxazole rings is 1. The second kappa shape index (κ2) is 5.19. The van der Waals surface area contributed by atoms with Gasteiger partial charge in [-0.15, -0.1) is 10.2 Å². The Kier molecular flexibility index (Phi) is 2.88. The van der Waals surface area contributed by atoms with E-state index in [2.05, 4.69) is 36.8 Å². The molecule has 3 heterocycles. The predicted molar refractivity (Wildman–Crippen MR) is 90.5 cm³/mol. The van der Waals surface area contributed by atoms with Crippen molar-refractivity contribution < 1.29 is 4.42 Å². The fourth-order valence-electron chi connectivity index (χ4n) is 3.12. The summed E-state index contributed by atoms with van der Waals surface area (Å²) in [7, 11) is 0. The molecule has 0 bridgehead atoms. The minimum absolute atomic E-state index is 0.645. The van der Waals surface area contributed by atoms with Gasteiger partial charge in [0.25, 0.3) is 6.01 Å². The van der Waals surface area contributed by atoms with E-state index in [0.29, 0.717) is 12.6 Å². The van der Waals surface area contributed by atoms with Gasteiger partial charge in [0.2, 0.25) is 0 Å². The lowest BCUT2D eigenvalue weighted by atomic mass is 10.2. The van der Waals surface area contributed by atoms with Crippen molar-refractivity contribution in [3.8, 4) is 11.4 Å². The average molecular weight is 317 g/mol. The molecule has 1 aliphatic rings. The van der Waals surface area contributed by atoms with Crippen LogP contribution in [0.25, 0.3) is 22.5 Å². The monoisotopic (exact) mass is 317 g/mol. The van der Waals surface area contributed by atoms with Crippen molar-refractivity contribution in [2.75, 3.05) is 11.4 Å². The van der Waals surface area contributed by atoms with Crippen LogP contribution in [0.15, 0.2) is 59.0 Å². The van der Waals surface area contributed by atoms with Crippen LogP contribution in [-0.4, -0.2) is 26.3 Å². The fraction of sp³-hybridized carbons (Fsp3) is 0.167. The third-order valence-electron chi connectivity index (χ3n) is 4.34. The normalized spacial score (nSPS) is 14.1. The molecule has 2 aromatic carbocycles. The van der Waals surface area contributed by atoms with E-state index in [-0.39, 0.29) is 0 Å². The Labute approximate surface area is 138 Å². The van der Waals surface area contributed by atoms with Crippen molar-refractivity contribution in [2.45, 2.75) is 13.1 Å². The molecule has 0 fully saturated rings. The molecule has 118 valence electrons. The van der Waals surface area contributed by atoms with Crippen LogP contribution in [0.2, 0.25) is 0 Å². The van der Waals surface area contributed by atoms with Crippen molar-refractivity contribution in [3.63, 3.8) is 0 Å². The molecular weight excluding hydrogens is 302 g/mol. The maximum absolute atomic E-state index is 5.87. The summed E-state index contributed by atoms with van der Waals surface area (Å²) in [5.74, 6) is 1.85. The summed E-state index contributed by atoms with van der Waals surface area (Å²) < 4.78 is 8.05. The number of hydrogen-bond donors (Lipinski definition) is 0. The number of benzene rings is 2. The van der Waals surface area contributed by atoms with Crippen LogP contribution < -0.4 is 4.90 Å². The summed E-state index contributed by atoms with van der Waals surface area (Å²) in [4.78, 5) is 6.69. The summed E-state index contributed by atoms with van der Waals surface area (Å²) in [6.45, 7) is 2.27. The zero-order valence-corrected chi connectivity index (χ0v) is 13.0. The van der Waals surface area contributed by atoms with Gasteiger partial charge < -0.3 is 13.9 Å². The van der Waals surface area contributed by atoms with Gasteiger partial charge in [-0.2, -0.15) is 4.98 Å². The van der Waals surface area contributed by atoms with Gasteiger partial charge in [-0.05, 0) is 12.1 Å². The quantitative estimate of drug-likeness (QED) is 0.568. The Morgan fingerprint density at radius 3 is 2.58 bits per heavy atom. The van der Waals surface area contributed by atoms with Crippen LogP contribution in [0.3, 0.4) is 0 Å². The SMILES string of the molecule is c1ccc(-c2nnc3n2CCN(c2nc4ccccc4o2)C3)cc1. The number of rotatable bonds is 2. The van der Waals surface area contributed by atoms with Crippen LogP contribution >= 0.6 is 0 Å². The largest absolute Gasteiger partial charge is 0.423 e. The summed E-state index contributed by atoms with van der Waals surface area (Å²) in [6, 6.07) is 18.6. The molecule has 0 spiro atoms. The molecule has 0 atom stereocenters. The van der Waals surface area contributed by atoms with Crippen molar-refractivity contribution in [1.82, 2.24) is 19.7 Å². The van der Waals surface area contributed by atoms with E-state index in [9.17, 15) is 0 Å². The lowest BCUT2D eigenvalue weighted by Crippen LogP contribution is -2.34. The van der Waals surface area contributed by atoms with E-state index in [1.807, 2.05) is 42.5 Å². The Balaban J connectivity index is 1.48. The molecule has 6 heteroatoms. The van der Waals surface area contributed by atoms with Gasteiger partial charge in [0.1, 0.15) is 5.52 Å². The molecule has 0 N–H and O–H groups in total. The molecule has 1 aliphatic heterocycles. The first-order valence-electron chi connectivity index (χ1n) is 7.96. The van der Waals surface area contributed by atoms with E-state index < -0.39 is 0 Å². The number of aromatic nitrogens is 4. The number of para-hydroxylation sites is 2. The number of nitrogens with zero attached hydrogens (tertiary/aromatic N) is 5. The first-order valence-corrected chi connectivity index (χ1v) is 7.96. The molecule has 0 saturated carbocycles. The molecule has 5 rings (SSSR count). The first-order chi connectivity index (χ1) is 11.9. The van der Waals surface area contributed by atoms with E-state index in [4.69, 9.17) is 4.42 Å². The number of fused-ring (bicyclic) bond motifs is 2. The Morgan fingerprint density at radius 2 is 1.71 bits per heavy atom. The average Bonchev–Trinajstić information content (AvgIpc) is 3.26. The van der Waals surface area contributed by atoms with Crippen LogP contribution in [0.5, 0.6) is 0 Å². The third kappa shape index (κ3) is 2.07. The Bertz CT molecular complexity index is 972. The summed E-state index contributed by atoms with van der Waals surface area (Å²) in [5.41, 5.74) is 2.78. The number of hydrogen-bond acceptors (Lipinski definition) is 5. The highest BCUT2D eigenvalue weighted by molar-refractivity contribution is 5.74. The number of anilines is 1. The summed E-state index contributed by atoms with van der Waals surface area (Å²) >= 11 is 0. The van der Waals surface area contributed by atoms with Gasteiger partial charge in [-0.1, -0.05) is 42.5 Å². The Morgan fingerprint density at radius 1 is 0.875 bits per heavy atom. The second-order valence-corrected chi connectivity index (χ2v) is 5.84. The van der Waals surface area contributed by atoms with Crippen molar-refractivity contribution in [1.29, 1.82) is 0 Å². The smallest absolute Gasteiger partial charge is 0.298 e. The highest BCUT2D eigenvalue weighted by Gasteiger charge is 2.24. The van der Waals surface area contributed by atoms with E-state index in [1.54, 1.807) is 0 Å². The highest BCUT2D eigenvalue weighted by Crippen LogP contribution is 2.26. The van der Waals surface area contributed by atoms with Crippen molar-refractivity contribution >= 4 is 17.1 Å². The van der Waals surface area contributed by atoms with Gasteiger partial charge in [-0.25, -0.2) is 0 Å². The molecule has 0 unspecified atom stereocenters. The van der Waals surface area contributed by atoms with Crippen molar-refractivity contribution in [3.05, 3.63) is 60.4 Å². The Hall–Kier alpha value is -3.15. The lowest BCUT2D eigenvalue weighted by molar-refractivity contribution is 0.502. The van der Waals surface area contributed by atoms with Crippen molar-refractivity contribution in [2.24, 2.45) is 0 Å². The molecule has 6 nitrogen and oxygen atoms in total. The van der Waals surface area contributed by atoms with E-state index in [1.165, 1.54) is 0 Å². The molecular formula is C18H15N5O. The molecule has 0 aliphatic carbocycles. The van der Waals surface area contributed by atoms with Gasteiger partial charge in [-0.3, -0.25) is 0 Å². The van der Waals surface area contributed by atoms with Crippen LogP contribution in [-0.2, 0) is 13.1 Å². The molecule has 0 amide bonds. The first kappa shape index (κ1) is 13.3. The zero-order valence-electron chi connectivity index (χ0n) is 13.0. The predicted octanol–water partition coefficient (Wildman–Crippen LogP) is 3.11. The minimum atomic E-state index is 0.645. The van der Waals surface area contributed by atoms with Gasteiger partial charge in [0.15, 0.2) is 17.2 Å². The third-order valence-corrected chi connectivity index (χ3v) is 4.34. The molecule has 24 heavy (non-hydrogen) atoms. The highest BCUT2D eigenvalue weighted by atomic mass is 16.4. The van der Waals surface area contributed by atoms with Gasteiger partial charge >= 0.3 is 0 Å². The van der Waals surface area contributed by atoms with Gasteiger partial charge in [0, 0.05) is 18.7 Å². The standard InChI is InChI=1S/C18H15N5O/c1-2-6-13(7-3-1)17-21-20-16-12-22(10-11-23(16)17)18-19-14-8-4-5-9-15(14)24-18/h1-9H,10-12H2. The fourth-order valence-corrected chi connectivity index (χ4v) is 3.12. The maximum Gasteiger partial charge on any atom is 0.298 e. The lowest BCUT2D eigenvalue weighted by Gasteiger charge is -2.26. The van der Waals surface area contributed by atoms with Crippen LogP contribution in [0.4, 0.5) is 6.01 Å². The molecule has 0 radical (unpaired) electrons. The van der Waals surface area contributed by atoms with E-state index in [0.717, 1.165) is 41.4 Å². The van der Waals surface area contributed by atoms with Crippen LogP contribution in [0, 0.1) is 0 Å². The maximum atomic E-state index is 5.87. The topological polar surface area (TPSA) is 60.0 Å². The summed E-state index contributed by atoms with van der Waals surface area (Å²) in [5, 5.41) is 8.74. The molecule has 2 aromatic heterocycles. The second-order valence-electron chi connectivity index (χ2n) is 5.84. The van der Waals surface area contributed by atoms with Crippen LogP contribution in [0.1, 0.15) is 5.82 Å². The van der Waals surface area contributed by atoms with Gasteiger partial charge in [0.05, 0.1) is 6.54 Å². The molecule has 0 saturated heterocycles. The molecule has 4 aromatic rings.